The number of halogens is 1. The predicted octanol–water partition coefficient (Wildman–Crippen LogP) is 4.10. The third-order valence-corrected chi connectivity index (χ3v) is 3.32. The van der Waals surface area contributed by atoms with Gasteiger partial charge in [0.25, 0.3) is 0 Å². The second-order valence-corrected chi connectivity index (χ2v) is 4.41. The van der Waals surface area contributed by atoms with Crippen molar-refractivity contribution in [3.8, 4) is 0 Å². The van der Waals surface area contributed by atoms with Crippen molar-refractivity contribution in [3.63, 3.8) is 0 Å². The summed E-state index contributed by atoms with van der Waals surface area (Å²) in [5.74, 6) is 1.07. The van der Waals surface area contributed by atoms with Gasteiger partial charge in [-0.05, 0) is 41.5 Å². The average Bonchev–Trinajstić information content (AvgIpc) is 3.11. The molecule has 3 rings (SSSR count). The van der Waals surface area contributed by atoms with Crippen molar-refractivity contribution in [3.05, 3.63) is 71.5 Å². The van der Waals surface area contributed by atoms with Gasteiger partial charge in [0.05, 0.1) is 0 Å². The van der Waals surface area contributed by atoms with E-state index in [0.717, 1.165) is 0 Å². The van der Waals surface area contributed by atoms with E-state index >= 15 is 0 Å². The number of hydrogen-bond donors (Lipinski definition) is 0. The van der Waals surface area contributed by atoms with Gasteiger partial charge in [0, 0.05) is 0 Å². The van der Waals surface area contributed by atoms with E-state index in [1.54, 1.807) is 12.1 Å². The van der Waals surface area contributed by atoms with Crippen molar-refractivity contribution in [2.75, 3.05) is 0 Å². The molecule has 1 aliphatic rings. The number of hydrogen-bond acceptors (Lipinski definition) is 0. The summed E-state index contributed by atoms with van der Waals surface area (Å²) < 4.78 is 12.8. The van der Waals surface area contributed by atoms with Gasteiger partial charge in [0.2, 0.25) is 0 Å². The monoisotopic (exact) mass is 212 g/mol. The molecular formula is C15H13F. The molecule has 0 nitrogen and oxygen atoms in total. The van der Waals surface area contributed by atoms with Crippen LogP contribution in [0.1, 0.15) is 29.4 Å². The Morgan fingerprint density at radius 2 is 1.31 bits per heavy atom. The van der Waals surface area contributed by atoms with E-state index < -0.39 is 0 Å². The molecule has 0 N–H and O–H groups in total. The summed E-state index contributed by atoms with van der Waals surface area (Å²) in [7, 11) is 0. The van der Waals surface area contributed by atoms with Crippen LogP contribution in [0.25, 0.3) is 0 Å². The maximum Gasteiger partial charge on any atom is 0.123 e. The summed E-state index contributed by atoms with van der Waals surface area (Å²) in [4.78, 5) is 0. The zero-order valence-electron chi connectivity index (χ0n) is 8.94. The molecule has 0 spiro atoms. The SMILES string of the molecule is Fc1ccc(C2CC2c2ccccc2)cc1. The maximum atomic E-state index is 12.8. The topological polar surface area (TPSA) is 0 Å². The van der Waals surface area contributed by atoms with E-state index in [9.17, 15) is 4.39 Å². The smallest absolute Gasteiger partial charge is 0.123 e. The zero-order valence-corrected chi connectivity index (χ0v) is 8.94. The van der Waals surface area contributed by atoms with Gasteiger partial charge in [-0.1, -0.05) is 42.5 Å². The van der Waals surface area contributed by atoms with Crippen LogP contribution in [-0.2, 0) is 0 Å². The molecule has 0 radical (unpaired) electrons. The van der Waals surface area contributed by atoms with Crippen LogP contribution in [0, 0.1) is 5.82 Å². The van der Waals surface area contributed by atoms with Crippen LogP contribution >= 0.6 is 0 Å². The largest absolute Gasteiger partial charge is 0.207 e. The molecule has 2 atom stereocenters. The zero-order chi connectivity index (χ0) is 11.0. The Hall–Kier alpha value is -1.63. The number of rotatable bonds is 2. The lowest BCUT2D eigenvalue weighted by molar-refractivity contribution is 0.627. The van der Waals surface area contributed by atoms with Crippen LogP contribution in [-0.4, -0.2) is 0 Å². The predicted molar refractivity (Wildman–Crippen MR) is 62.9 cm³/mol. The lowest BCUT2D eigenvalue weighted by Crippen LogP contribution is -1.84. The molecule has 0 amide bonds. The molecule has 1 aliphatic carbocycles. The van der Waals surface area contributed by atoms with Crippen LogP contribution in [0.2, 0.25) is 0 Å². The Balaban J connectivity index is 1.79. The van der Waals surface area contributed by atoms with Crippen molar-refractivity contribution in [2.45, 2.75) is 18.3 Å². The quantitative estimate of drug-likeness (QED) is 0.703. The third-order valence-electron chi connectivity index (χ3n) is 3.32. The molecule has 2 aromatic rings. The summed E-state index contributed by atoms with van der Waals surface area (Å²) in [5, 5.41) is 0. The Labute approximate surface area is 94.7 Å². The third kappa shape index (κ3) is 1.73. The van der Waals surface area contributed by atoms with E-state index in [4.69, 9.17) is 0 Å². The van der Waals surface area contributed by atoms with Gasteiger partial charge >= 0.3 is 0 Å². The first-order valence-corrected chi connectivity index (χ1v) is 5.65. The molecule has 0 heterocycles. The maximum absolute atomic E-state index is 12.8. The van der Waals surface area contributed by atoms with Crippen LogP contribution in [0.15, 0.2) is 54.6 Å². The lowest BCUT2D eigenvalue weighted by Gasteiger charge is -2.01. The second kappa shape index (κ2) is 3.75. The minimum Gasteiger partial charge on any atom is -0.207 e. The molecular weight excluding hydrogens is 199 g/mol. The first-order chi connectivity index (χ1) is 7.84. The number of benzene rings is 2. The van der Waals surface area contributed by atoms with Crippen molar-refractivity contribution in [1.82, 2.24) is 0 Å². The van der Waals surface area contributed by atoms with Crippen molar-refractivity contribution in [1.29, 1.82) is 0 Å². The average molecular weight is 212 g/mol. The van der Waals surface area contributed by atoms with Crippen molar-refractivity contribution >= 4 is 0 Å². The molecule has 0 bridgehead atoms. The molecule has 16 heavy (non-hydrogen) atoms. The fraction of sp³-hybridized carbons (Fsp3) is 0.200. The summed E-state index contributed by atoms with van der Waals surface area (Å²) in [6, 6.07) is 17.5. The van der Waals surface area contributed by atoms with E-state index in [0.29, 0.717) is 11.8 Å². The van der Waals surface area contributed by atoms with E-state index in [1.807, 2.05) is 18.2 Å². The molecule has 0 saturated heterocycles. The highest BCUT2D eigenvalue weighted by Crippen LogP contribution is 2.54. The highest BCUT2D eigenvalue weighted by molar-refractivity contribution is 5.36. The van der Waals surface area contributed by atoms with Gasteiger partial charge < -0.3 is 0 Å². The summed E-state index contributed by atoms with van der Waals surface area (Å²) in [5.41, 5.74) is 2.66. The summed E-state index contributed by atoms with van der Waals surface area (Å²) in [6.07, 6.45) is 1.19. The second-order valence-electron chi connectivity index (χ2n) is 4.41. The Morgan fingerprint density at radius 3 is 1.94 bits per heavy atom. The van der Waals surface area contributed by atoms with Gasteiger partial charge in [0.15, 0.2) is 0 Å². The summed E-state index contributed by atoms with van der Waals surface area (Å²) in [6.45, 7) is 0. The van der Waals surface area contributed by atoms with E-state index in [2.05, 4.69) is 24.3 Å². The van der Waals surface area contributed by atoms with Crippen molar-refractivity contribution in [2.24, 2.45) is 0 Å². The normalized spacial score (nSPS) is 23.1. The highest BCUT2D eigenvalue weighted by atomic mass is 19.1. The van der Waals surface area contributed by atoms with Crippen LogP contribution < -0.4 is 0 Å². The van der Waals surface area contributed by atoms with E-state index in [1.165, 1.54) is 17.5 Å². The molecule has 2 unspecified atom stereocenters. The molecule has 0 aromatic heterocycles. The fourth-order valence-electron chi connectivity index (χ4n) is 2.34. The Bertz CT molecular complexity index is 473. The first-order valence-electron chi connectivity index (χ1n) is 5.65. The van der Waals surface area contributed by atoms with Gasteiger partial charge in [-0.15, -0.1) is 0 Å². The minimum absolute atomic E-state index is 0.152. The Morgan fingerprint density at radius 1 is 0.750 bits per heavy atom. The Kier molecular flexibility index (Phi) is 2.24. The van der Waals surface area contributed by atoms with E-state index in [-0.39, 0.29) is 5.82 Å². The van der Waals surface area contributed by atoms with Gasteiger partial charge in [0.1, 0.15) is 5.82 Å². The molecule has 1 heteroatoms. The van der Waals surface area contributed by atoms with Crippen LogP contribution in [0.5, 0.6) is 0 Å². The van der Waals surface area contributed by atoms with Gasteiger partial charge in [-0.3, -0.25) is 0 Å². The molecule has 1 fully saturated rings. The molecule has 1 saturated carbocycles. The molecule has 2 aromatic carbocycles. The highest BCUT2D eigenvalue weighted by Gasteiger charge is 2.39. The van der Waals surface area contributed by atoms with Gasteiger partial charge in [-0.2, -0.15) is 0 Å². The fourth-order valence-corrected chi connectivity index (χ4v) is 2.34. The standard InChI is InChI=1S/C15H13F/c16-13-8-6-12(7-9-13)15-10-14(15)11-4-2-1-3-5-11/h1-9,14-15H,10H2. The first kappa shape index (κ1) is 9.59. The van der Waals surface area contributed by atoms with Crippen LogP contribution in [0.3, 0.4) is 0 Å². The summed E-state index contributed by atoms with van der Waals surface area (Å²) >= 11 is 0. The molecule has 80 valence electrons. The lowest BCUT2D eigenvalue weighted by atomic mass is 10.0. The molecule has 0 aliphatic heterocycles. The van der Waals surface area contributed by atoms with Crippen molar-refractivity contribution < 1.29 is 4.39 Å². The minimum atomic E-state index is -0.152. The van der Waals surface area contributed by atoms with Crippen LogP contribution in [0.4, 0.5) is 4.39 Å². The van der Waals surface area contributed by atoms with Gasteiger partial charge in [-0.25, -0.2) is 4.39 Å².